The first-order chi connectivity index (χ1) is 11.2. The molecule has 0 aliphatic carbocycles. The Labute approximate surface area is 137 Å². The van der Waals surface area contributed by atoms with Crippen molar-refractivity contribution in [3.05, 3.63) is 41.5 Å². The lowest BCUT2D eigenvalue weighted by atomic mass is 9.76. The molecular weight excluding hydrogens is 288 g/mol. The summed E-state index contributed by atoms with van der Waals surface area (Å²) < 4.78 is 5.61. The minimum Gasteiger partial charge on any atom is -0.381 e. The molecule has 0 atom stereocenters. The van der Waals surface area contributed by atoms with Crippen LogP contribution in [-0.2, 0) is 16.7 Å². The number of H-pyrrole nitrogens is 1. The molecule has 0 saturated carbocycles. The molecule has 122 valence electrons. The monoisotopic (exact) mass is 312 g/mol. The molecule has 5 heteroatoms. The van der Waals surface area contributed by atoms with Crippen LogP contribution in [0, 0.1) is 0 Å². The van der Waals surface area contributed by atoms with Gasteiger partial charge >= 0.3 is 0 Å². The van der Waals surface area contributed by atoms with Crippen LogP contribution in [-0.4, -0.2) is 34.9 Å². The number of nitrogens with one attached hydrogen (secondary N) is 1. The van der Waals surface area contributed by atoms with Gasteiger partial charge in [0, 0.05) is 36.8 Å². The summed E-state index contributed by atoms with van der Waals surface area (Å²) in [5.41, 5.74) is 3.07. The fraction of sp³-hybridized carbons (Fsp3) is 0.556. The normalized spacial score (nSPS) is 19.5. The zero-order chi connectivity index (χ0) is 15.9. The standard InChI is InChI=1S/C18H24N4O/c1-13(2)17-19-16(20-21-17)11-22-12-18(7-9-23-10-8-18)14-5-3-4-6-15(14)22/h3-6,13H,7-12H2,1-2H3,(H,19,20,21). The van der Waals surface area contributed by atoms with Crippen LogP contribution in [0.15, 0.2) is 24.3 Å². The van der Waals surface area contributed by atoms with Crippen molar-refractivity contribution in [3.8, 4) is 0 Å². The summed E-state index contributed by atoms with van der Waals surface area (Å²) >= 11 is 0. The average Bonchev–Trinajstić information content (AvgIpc) is 3.14. The van der Waals surface area contributed by atoms with Crippen molar-refractivity contribution in [2.75, 3.05) is 24.7 Å². The Morgan fingerprint density at radius 3 is 2.78 bits per heavy atom. The molecular formula is C18H24N4O. The first-order valence-electron chi connectivity index (χ1n) is 8.51. The predicted octanol–water partition coefficient (Wildman–Crippen LogP) is 3.00. The Balaban J connectivity index is 1.62. The largest absolute Gasteiger partial charge is 0.381 e. The van der Waals surface area contributed by atoms with E-state index in [1.165, 1.54) is 11.3 Å². The quantitative estimate of drug-likeness (QED) is 0.946. The third-order valence-electron chi connectivity index (χ3n) is 5.17. The molecule has 0 amide bonds. The maximum atomic E-state index is 5.61. The van der Waals surface area contributed by atoms with E-state index in [0.717, 1.165) is 50.8 Å². The van der Waals surface area contributed by atoms with Crippen molar-refractivity contribution >= 4 is 5.69 Å². The highest BCUT2D eigenvalue weighted by molar-refractivity contribution is 5.62. The molecule has 4 rings (SSSR count). The third kappa shape index (κ3) is 2.53. The van der Waals surface area contributed by atoms with E-state index in [1.54, 1.807) is 0 Å². The SMILES string of the molecule is CC(C)c1n[nH]c(CN2CC3(CCOCC3)c3ccccc32)n1. The molecule has 5 nitrogen and oxygen atoms in total. The van der Waals surface area contributed by atoms with Gasteiger partial charge in [-0.1, -0.05) is 32.0 Å². The van der Waals surface area contributed by atoms with E-state index in [0.29, 0.717) is 5.92 Å². The van der Waals surface area contributed by atoms with Crippen molar-refractivity contribution in [1.29, 1.82) is 0 Å². The molecule has 2 aliphatic heterocycles. The molecule has 0 radical (unpaired) electrons. The first-order valence-corrected chi connectivity index (χ1v) is 8.51. The molecule has 0 unspecified atom stereocenters. The zero-order valence-corrected chi connectivity index (χ0v) is 13.9. The van der Waals surface area contributed by atoms with Crippen molar-refractivity contribution in [3.63, 3.8) is 0 Å². The van der Waals surface area contributed by atoms with E-state index in [-0.39, 0.29) is 5.41 Å². The number of aromatic amines is 1. The predicted molar refractivity (Wildman–Crippen MR) is 89.7 cm³/mol. The summed E-state index contributed by atoms with van der Waals surface area (Å²) in [5.74, 6) is 2.20. The van der Waals surface area contributed by atoms with Gasteiger partial charge in [0.25, 0.3) is 0 Å². The van der Waals surface area contributed by atoms with Gasteiger partial charge in [-0.2, -0.15) is 5.10 Å². The van der Waals surface area contributed by atoms with Crippen molar-refractivity contribution in [1.82, 2.24) is 15.2 Å². The van der Waals surface area contributed by atoms with E-state index in [9.17, 15) is 0 Å². The number of rotatable bonds is 3. The van der Waals surface area contributed by atoms with Crippen LogP contribution in [0.25, 0.3) is 0 Å². The van der Waals surface area contributed by atoms with Gasteiger partial charge in [0.1, 0.15) is 5.82 Å². The highest BCUT2D eigenvalue weighted by atomic mass is 16.5. The number of anilines is 1. The molecule has 23 heavy (non-hydrogen) atoms. The highest BCUT2D eigenvalue weighted by Gasteiger charge is 2.43. The second-order valence-electron chi connectivity index (χ2n) is 7.06. The summed E-state index contributed by atoms with van der Waals surface area (Å²) in [6, 6.07) is 8.81. The molecule has 2 aromatic rings. The number of nitrogens with zero attached hydrogens (tertiary/aromatic N) is 3. The molecule has 1 fully saturated rings. The van der Waals surface area contributed by atoms with E-state index in [4.69, 9.17) is 4.74 Å². The van der Waals surface area contributed by atoms with Gasteiger partial charge < -0.3 is 9.64 Å². The average molecular weight is 312 g/mol. The molecule has 0 bridgehead atoms. The molecule has 1 aromatic carbocycles. The Kier molecular flexibility index (Phi) is 3.60. The Morgan fingerprint density at radius 2 is 2.04 bits per heavy atom. The number of fused-ring (bicyclic) bond motifs is 2. The first kappa shape index (κ1) is 14.7. The van der Waals surface area contributed by atoms with Crippen molar-refractivity contribution in [2.24, 2.45) is 0 Å². The van der Waals surface area contributed by atoms with Crippen LogP contribution in [0.4, 0.5) is 5.69 Å². The minimum absolute atomic E-state index is 0.246. The van der Waals surface area contributed by atoms with E-state index >= 15 is 0 Å². The van der Waals surface area contributed by atoms with Crippen LogP contribution >= 0.6 is 0 Å². The fourth-order valence-electron chi connectivity index (χ4n) is 3.88. The Hall–Kier alpha value is -1.88. The van der Waals surface area contributed by atoms with E-state index in [1.807, 2.05) is 0 Å². The van der Waals surface area contributed by atoms with Gasteiger partial charge in [0.15, 0.2) is 5.82 Å². The third-order valence-corrected chi connectivity index (χ3v) is 5.17. The zero-order valence-electron chi connectivity index (χ0n) is 13.9. The second kappa shape index (κ2) is 5.64. The van der Waals surface area contributed by atoms with Gasteiger partial charge in [0.05, 0.1) is 6.54 Å². The van der Waals surface area contributed by atoms with E-state index < -0.39 is 0 Å². The Morgan fingerprint density at radius 1 is 1.26 bits per heavy atom. The van der Waals surface area contributed by atoms with Gasteiger partial charge in [-0.05, 0) is 24.5 Å². The highest BCUT2D eigenvalue weighted by Crippen LogP contribution is 2.46. The van der Waals surface area contributed by atoms with Crippen LogP contribution in [0.2, 0.25) is 0 Å². The summed E-state index contributed by atoms with van der Waals surface area (Å²) in [5, 5.41) is 7.44. The molecule has 3 heterocycles. The summed E-state index contributed by atoms with van der Waals surface area (Å²) in [4.78, 5) is 7.10. The summed E-state index contributed by atoms with van der Waals surface area (Å²) in [6.07, 6.45) is 2.21. The van der Waals surface area contributed by atoms with Crippen LogP contribution in [0.1, 0.15) is 49.8 Å². The fourth-order valence-corrected chi connectivity index (χ4v) is 3.88. The minimum atomic E-state index is 0.246. The Bertz CT molecular complexity index is 688. The number of para-hydroxylation sites is 1. The van der Waals surface area contributed by atoms with Crippen LogP contribution < -0.4 is 4.90 Å². The molecule has 1 saturated heterocycles. The van der Waals surface area contributed by atoms with Crippen molar-refractivity contribution in [2.45, 2.75) is 44.6 Å². The molecule has 1 aromatic heterocycles. The van der Waals surface area contributed by atoms with E-state index in [2.05, 4.69) is 58.2 Å². The van der Waals surface area contributed by atoms with Gasteiger partial charge in [-0.25, -0.2) is 4.98 Å². The van der Waals surface area contributed by atoms with Crippen LogP contribution in [0.5, 0.6) is 0 Å². The van der Waals surface area contributed by atoms with Gasteiger partial charge in [-0.15, -0.1) is 0 Å². The van der Waals surface area contributed by atoms with Crippen LogP contribution in [0.3, 0.4) is 0 Å². The van der Waals surface area contributed by atoms with Crippen molar-refractivity contribution < 1.29 is 4.74 Å². The number of aromatic nitrogens is 3. The second-order valence-corrected chi connectivity index (χ2v) is 7.06. The molecule has 1 spiro atoms. The summed E-state index contributed by atoms with van der Waals surface area (Å²) in [7, 11) is 0. The molecule has 2 aliphatic rings. The number of benzene rings is 1. The number of ether oxygens (including phenoxy) is 1. The maximum absolute atomic E-state index is 5.61. The number of hydrogen-bond donors (Lipinski definition) is 1. The topological polar surface area (TPSA) is 54.0 Å². The maximum Gasteiger partial charge on any atom is 0.153 e. The summed E-state index contributed by atoms with van der Waals surface area (Å²) in [6.45, 7) is 7.81. The lowest BCUT2D eigenvalue weighted by Gasteiger charge is -2.34. The lowest BCUT2D eigenvalue weighted by molar-refractivity contribution is 0.0552. The number of hydrogen-bond acceptors (Lipinski definition) is 4. The lowest BCUT2D eigenvalue weighted by Crippen LogP contribution is -2.38. The van der Waals surface area contributed by atoms with Gasteiger partial charge in [-0.3, -0.25) is 5.10 Å². The van der Waals surface area contributed by atoms with Gasteiger partial charge in [0.2, 0.25) is 0 Å². The molecule has 1 N–H and O–H groups in total. The smallest absolute Gasteiger partial charge is 0.153 e.